The number of nitriles is 2. The van der Waals surface area contributed by atoms with Gasteiger partial charge in [-0.25, -0.2) is 4.79 Å². The lowest BCUT2D eigenvalue weighted by molar-refractivity contribution is -0.132. The lowest BCUT2D eigenvalue weighted by Crippen LogP contribution is -1.96. The molecule has 0 spiro atoms. The van der Waals surface area contributed by atoms with Crippen LogP contribution in [0.15, 0.2) is 42.1 Å². The highest BCUT2D eigenvalue weighted by molar-refractivity contribution is 7.14. The summed E-state index contributed by atoms with van der Waals surface area (Å²) in [5.41, 5.74) is 2.14. The maximum Gasteiger partial charge on any atom is 0.346 e. The van der Waals surface area contributed by atoms with Crippen molar-refractivity contribution < 1.29 is 14.6 Å². The van der Waals surface area contributed by atoms with Crippen LogP contribution in [0.1, 0.15) is 47.9 Å². The van der Waals surface area contributed by atoms with Crippen LogP contribution in [0.25, 0.3) is 28.6 Å². The zero-order valence-electron chi connectivity index (χ0n) is 18.7. The molecule has 0 aliphatic heterocycles. The summed E-state index contributed by atoms with van der Waals surface area (Å²) in [6.45, 7) is 3.09. The number of fused-ring (bicyclic) bond motifs is 1. The van der Waals surface area contributed by atoms with Crippen molar-refractivity contribution in [2.75, 3.05) is 7.11 Å². The Morgan fingerprint density at radius 2 is 1.97 bits per heavy atom. The fourth-order valence-corrected chi connectivity index (χ4v) is 4.53. The topological polar surface area (TPSA) is 99.0 Å². The van der Waals surface area contributed by atoms with Crippen molar-refractivity contribution >= 4 is 45.9 Å². The number of benzene rings is 1. The number of rotatable bonds is 10. The first-order valence-corrected chi connectivity index (χ1v) is 11.6. The molecular formula is C26H25N3O3S. The van der Waals surface area contributed by atoms with Crippen molar-refractivity contribution in [1.82, 2.24) is 4.57 Å². The molecule has 33 heavy (non-hydrogen) atoms. The lowest BCUT2D eigenvalue weighted by Gasteiger charge is -2.05. The van der Waals surface area contributed by atoms with Gasteiger partial charge in [-0.05, 0) is 48.9 Å². The smallest absolute Gasteiger partial charge is 0.346 e. The molecule has 0 bridgehead atoms. The number of aliphatic carboxylic acids is 1. The van der Waals surface area contributed by atoms with E-state index in [2.05, 4.69) is 23.8 Å². The fourth-order valence-electron chi connectivity index (χ4n) is 3.61. The third kappa shape index (κ3) is 5.71. The predicted octanol–water partition coefficient (Wildman–Crippen LogP) is 6.35. The number of carboxylic acids is 1. The third-order valence-corrected chi connectivity index (χ3v) is 6.39. The molecule has 1 N–H and O–H groups in total. The van der Waals surface area contributed by atoms with Crippen LogP contribution in [0.3, 0.4) is 0 Å². The van der Waals surface area contributed by atoms with Gasteiger partial charge in [-0.3, -0.25) is 0 Å². The number of aromatic nitrogens is 1. The Balaban J connectivity index is 2.00. The molecule has 0 fully saturated rings. The Morgan fingerprint density at radius 3 is 2.64 bits per heavy atom. The largest absolute Gasteiger partial charge is 0.497 e. The van der Waals surface area contributed by atoms with Gasteiger partial charge >= 0.3 is 5.97 Å². The summed E-state index contributed by atoms with van der Waals surface area (Å²) in [6.07, 6.45) is 9.90. The lowest BCUT2D eigenvalue weighted by atomic mass is 10.1. The minimum absolute atomic E-state index is 0.343. The molecule has 0 atom stereocenters. The van der Waals surface area contributed by atoms with E-state index in [1.54, 1.807) is 25.3 Å². The van der Waals surface area contributed by atoms with Crippen LogP contribution in [-0.2, 0) is 11.3 Å². The number of hydrogen-bond donors (Lipinski definition) is 1. The van der Waals surface area contributed by atoms with E-state index in [0.29, 0.717) is 15.3 Å². The summed E-state index contributed by atoms with van der Waals surface area (Å²) in [6, 6.07) is 13.4. The minimum Gasteiger partial charge on any atom is -0.497 e. The first-order chi connectivity index (χ1) is 16.0. The molecule has 0 aliphatic carbocycles. The number of carboxylic acid groups (broad SMARTS) is 1. The number of aryl methyl sites for hydroxylation is 1. The molecular weight excluding hydrogens is 434 g/mol. The van der Waals surface area contributed by atoms with Gasteiger partial charge in [-0.2, -0.15) is 10.5 Å². The highest BCUT2D eigenvalue weighted by Crippen LogP contribution is 2.32. The van der Waals surface area contributed by atoms with E-state index in [0.717, 1.165) is 35.2 Å². The minimum atomic E-state index is -1.27. The maximum atomic E-state index is 11.1. The molecule has 168 valence electrons. The monoisotopic (exact) mass is 459 g/mol. The Labute approximate surface area is 197 Å². The van der Waals surface area contributed by atoms with Gasteiger partial charge in [0.05, 0.1) is 12.7 Å². The molecule has 3 aromatic rings. The van der Waals surface area contributed by atoms with E-state index in [9.17, 15) is 10.1 Å². The highest BCUT2D eigenvalue weighted by Gasteiger charge is 2.12. The van der Waals surface area contributed by atoms with Crippen LogP contribution < -0.4 is 4.74 Å². The number of carbonyl (C=O) groups is 1. The molecule has 0 unspecified atom stereocenters. The van der Waals surface area contributed by atoms with Gasteiger partial charge in [0.1, 0.15) is 23.5 Å². The Kier molecular flexibility index (Phi) is 8.07. The molecule has 7 heteroatoms. The molecule has 0 amide bonds. The number of thiophene rings is 1. The molecule has 1 aromatic carbocycles. The second kappa shape index (κ2) is 11.2. The van der Waals surface area contributed by atoms with Crippen molar-refractivity contribution in [3.05, 3.63) is 57.4 Å². The first-order valence-electron chi connectivity index (χ1n) is 10.7. The SMILES string of the molecule is CCCCCCn1cc(/C=C(/C#N)c2ccc(/C=C(/C#N)C(=O)O)s2)c2cc(OC)ccc21. The zero-order chi connectivity index (χ0) is 23.8. The van der Waals surface area contributed by atoms with Crippen LogP contribution in [0.4, 0.5) is 0 Å². The van der Waals surface area contributed by atoms with Crippen molar-refractivity contribution in [3.63, 3.8) is 0 Å². The summed E-state index contributed by atoms with van der Waals surface area (Å²) >= 11 is 1.27. The van der Waals surface area contributed by atoms with Crippen molar-refractivity contribution in [2.45, 2.75) is 39.2 Å². The first kappa shape index (κ1) is 23.8. The molecule has 2 heterocycles. The van der Waals surface area contributed by atoms with Gasteiger partial charge in [-0.15, -0.1) is 11.3 Å². The van der Waals surface area contributed by atoms with E-state index in [1.165, 1.54) is 36.7 Å². The number of allylic oxidation sites excluding steroid dienone is 1. The fraction of sp³-hybridized carbons (Fsp3) is 0.269. The second-order valence-corrected chi connectivity index (χ2v) is 8.68. The molecule has 0 saturated carbocycles. The maximum absolute atomic E-state index is 11.1. The van der Waals surface area contributed by atoms with Crippen LogP contribution in [-0.4, -0.2) is 22.8 Å². The number of nitrogens with zero attached hydrogens (tertiary/aromatic N) is 3. The second-order valence-electron chi connectivity index (χ2n) is 7.57. The summed E-state index contributed by atoms with van der Waals surface area (Å²) in [5, 5.41) is 28.9. The summed E-state index contributed by atoms with van der Waals surface area (Å²) in [5.74, 6) is -0.523. The van der Waals surface area contributed by atoms with Crippen molar-refractivity contribution in [3.8, 4) is 17.9 Å². The Hall–Kier alpha value is -3.81. The van der Waals surface area contributed by atoms with Gasteiger partial charge in [-0.1, -0.05) is 26.2 Å². The van der Waals surface area contributed by atoms with Gasteiger partial charge < -0.3 is 14.4 Å². The van der Waals surface area contributed by atoms with Crippen LogP contribution in [0.2, 0.25) is 0 Å². The molecule has 2 aromatic heterocycles. The number of ether oxygens (including phenoxy) is 1. The van der Waals surface area contributed by atoms with E-state index < -0.39 is 5.97 Å². The molecule has 6 nitrogen and oxygen atoms in total. The average molecular weight is 460 g/mol. The summed E-state index contributed by atoms with van der Waals surface area (Å²) in [7, 11) is 1.63. The van der Waals surface area contributed by atoms with Crippen LogP contribution in [0, 0.1) is 22.7 Å². The normalized spacial score (nSPS) is 11.9. The predicted molar refractivity (Wildman–Crippen MR) is 132 cm³/mol. The van der Waals surface area contributed by atoms with E-state index >= 15 is 0 Å². The van der Waals surface area contributed by atoms with Crippen molar-refractivity contribution in [1.29, 1.82) is 10.5 Å². The zero-order valence-corrected chi connectivity index (χ0v) is 19.5. The number of hydrogen-bond acceptors (Lipinski definition) is 5. The van der Waals surface area contributed by atoms with Crippen LogP contribution in [0.5, 0.6) is 5.75 Å². The van der Waals surface area contributed by atoms with Crippen LogP contribution >= 0.6 is 11.3 Å². The average Bonchev–Trinajstić information content (AvgIpc) is 3.42. The van der Waals surface area contributed by atoms with E-state index in [1.807, 2.05) is 24.3 Å². The summed E-state index contributed by atoms with van der Waals surface area (Å²) < 4.78 is 7.63. The molecule has 0 radical (unpaired) electrons. The third-order valence-electron chi connectivity index (χ3n) is 5.32. The highest BCUT2D eigenvalue weighted by atomic mass is 32.1. The number of unbranched alkanes of at least 4 members (excludes halogenated alkanes) is 3. The molecule has 3 rings (SSSR count). The Morgan fingerprint density at radius 1 is 1.15 bits per heavy atom. The van der Waals surface area contributed by atoms with E-state index in [4.69, 9.17) is 15.1 Å². The van der Waals surface area contributed by atoms with Gasteiger partial charge in [0.15, 0.2) is 0 Å². The van der Waals surface area contributed by atoms with Gasteiger partial charge in [0.2, 0.25) is 0 Å². The molecule has 0 aliphatic rings. The quantitative estimate of drug-likeness (QED) is 0.216. The summed E-state index contributed by atoms with van der Waals surface area (Å²) in [4.78, 5) is 12.4. The van der Waals surface area contributed by atoms with Gasteiger partial charge in [0.25, 0.3) is 0 Å². The standard InChI is InChI=1S/C26H25N3O3S/c1-3-4-5-6-11-29-17-20(23-14-21(32-2)7-9-24(23)29)12-18(15-27)25-10-8-22(33-25)13-19(16-28)26(30)31/h7-10,12-14,17H,3-6,11H2,1-2H3,(H,30,31)/b18-12-,19-13-. The molecule has 0 saturated heterocycles. The number of methoxy groups -OCH3 is 1. The van der Waals surface area contributed by atoms with Gasteiger partial charge in [0, 0.05) is 39.0 Å². The Bertz CT molecular complexity index is 1300. The van der Waals surface area contributed by atoms with E-state index in [-0.39, 0.29) is 5.57 Å². The van der Waals surface area contributed by atoms with Crippen molar-refractivity contribution in [2.24, 2.45) is 0 Å².